The van der Waals surface area contributed by atoms with Crippen LogP contribution in [0.1, 0.15) is 101 Å². The van der Waals surface area contributed by atoms with Crippen molar-refractivity contribution in [2.45, 2.75) is 140 Å². The quantitative estimate of drug-likeness (QED) is 0.00845. The number of pyridine rings is 1. The second-order valence-corrected chi connectivity index (χ2v) is 28.6. The first-order chi connectivity index (χ1) is 51.4. The van der Waals surface area contributed by atoms with Crippen molar-refractivity contribution in [3.63, 3.8) is 0 Å². The number of hydrogen-bond donors (Lipinski definition) is 15. The van der Waals surface area contributed by atoms with E-state index in [1.165, 1.54) is 18.3 Å². The number of benzene rings is 2. The number of ketones is 3. The maximum absolute atomic E-state index is 14.8. The van der Waals surface area contributed by atoms with E-state index < -0.39 is 248 Å². The van der Waals surface area contributed by atoms with Crippen LogP contribution in [-0.4, -0.2) is 244 Å². The standard InChI is InChI=1S/C66H98N14O19S2.4Na.2O3S/c1-7-40(3)47-35-57(85)53(31-42-15-11-9-12-16-42)78-64(91)48(21-25-67-5)76-63(90)51(24-30-73-66(93)58(41(4)82)80-65(92)50(23-28-71-39-101(97,98)99)77-62(89)49(75-61(47)88)22-27-69-8-2)74-60(87)46(36-68-6)34-56(84)54(37-81)79-59(86)45(19-26-70-38-100(94,95)96)33-55(83)44-20-29-72-52(32-44)43-17-13-10-14-18-43;;;;;2*1-4(2)3/h9-18,20,29,32,40-41,45-51,53-54,58,67-71,81-82H,5-8,19,21-28,30-31,33-39H2,1-4H3,(H,73,93)(H,74,87)(H,75,88)(H,76,90)(H,77,89)(H,78,91)(H,79,86)(H,80,92)(H,94,95,96)(H,97,98,99);;;;;;/q-2;4*+1;;/p-2/t40-,41+,45+,46+,47-,48-,49-,50-,51-,53+,54-,58-;;;;;;/m0....../s1. The number of aliphatic hydroxyl groups excluding tert-OH is 2. The van der Waals surface area contributed by atoms with Crippen LogP contribution in [0.25, 0.3) is 11.3 Å². The van der Waals surface area contributed by atoms with Crippen LogP contribution in [0.5, 0.6) is 0 Å². The van der Waals surface area contributed by atoms with E-state index in [1.807, 2.05) is 0 Å². The molecule has 608 valence electrons. The number of carbonyl (C=O) groups is 11. The molecular weight excluding hydrogens is 1610 g/mol. The molecule has 12 atom stereocenters. The van der Waals surface area contributed by atoms with Crippen molar-refractivity contribution in [3.8, 4) is 11.3 Å². The molecule has 0 bridgehead atoms. The summed E-state index contributed by atoms with van der Waals surface area (Å²) in [6, 6.07) is 8.98. The van der Waals surface area contributed by atoms with E-state index in [1.54, 1.807) is 81.4 Å². The molecular formula is C66H96N14Na4O25S4. The van der Waals surface area contributed by atoms with Crippen molar-refractivity contribution >= 4 is 106 Å². The zero-order valence-corrected chi connectivity index (χ0v) is 75.6. The topological polar surface area (TPSA) is 614 Å². The van der Waals surface area contributed by atoms with Gasteiger partial charge in [-0.15, -0.1) is 25.3 Å². The molecule has 2 aromatic carbocycles. The van der Waals surface area contributed by atoms with Gasteiger partial charge in [-0.1, -0.05) is 87.9 Å². The second-order valence-electron chi connectivity index (χ2n) is 25.0. The van der Waals surface area contributed by atoms with Crippen LogP contribution in [0.3, 0.4) is 0 Å². The predicted molar refractivity (Wildman–Crippen MR) is 386 cm³/mol. The van der Waals surface area contributed by atoms with E-state index in [9.17, 15) is 88.9 Å². The molecule has 113 heavy (non-hydrogen) atoms. The molecule has 39 nitrogen and oxygen atoms in total. The Labute approximate surface area is 748 Å². The predicted octanol–water partition coefficient (Wildman–Crippen LogP) is -17.2. The third kappa shape index (κ3) is 46.8. The number of nitrogens with zero attached hydrogens (tertiary/aromatic N) is 1. The van der Waals surface area contributed by atoms with Gasteiger partial charge in [0.25, 0.3) is 0 Å². The minimum Gasteiger partial charge on any atom is -0.747 e. The zero-order valence-electron chi connectivity index (χ0n) is 64.4. The minimum absolute atomic E-state index is 0. The van der Waals surface area contributed by atoms with Gasteiger partial charge in [-0.05, 0) is 108 Å². The Morgan fingerprint density at radius 1 is 0.628 bits per heavy atom. The Balaban J connectivity index is -0.00000959. The number of aromatic nitrogens is 1. The first-order valence-corrected chi connectivity index (χ1v) is 39.4. The van der Waals surface area contributed by atoms with Crippen LogP contribution >= 0.6 is 0 Å². The van der Waals surface area contributed by atoms with Crippen LogP contribution in [0.2, 0.25) is 0 Å². The third-order valence-corrected chi connectivity index (χ3v) is 17.9. The van der Waals surface area contributed by atoms with Gasteiger partial charge in [-0.2, -0.15) is 0 Å². The fraction of sp³-hybridized carbons (Fsp3) is 0.545. The summed E-state index contributed by atoms with van der Waals surface area (Å²) in [6.45, 7) is 4.26. The molecule has 0 spiro atoms. The van der Waals surface area contributed by atoms with Crippen LogP contribution in [0, 0.1) is 37.8 Å². The Morgan fingerprint density at radius 3 is 1.65 bits per heavy atom. The number of aliphatic hydroxyl groups is 2. The molecule has 1 aromatic heterocycles. The Morgan fingerprint density at radius 2 is 1.13 bits per heavy atom. The normalized spacial score (nSPS) is 19.3. The van der Waals surface area contributed by atoms with E-state index in [2.05, 4.69) is 88.2 Å². The summed E-state index contributed by atoms with van der Waals surface area (Å²) in [4.78, 5) is 163. The van der Waals surface area contributed by atoms with E-state index in [0.717, 1.165) is 6.92 Å². The van der Waals surface area contributed by atoms with Crippen molar-refractivity contribution in [2.75, 3.05) is 64.2 Å². The molecule has 4 rings (SSSR count). The van der Waals surface area contributed by atoms with Crippen molar-refractivity contribution in [3.05, 3.63) is 104 Å². The number of rotatable bonds is 36. The van der Waals surface area contributed by atoms with Crippen molar-refractivity contribution in [2.24, 2.45) is 23.7 Å². The summed E-state index contributed by atoms with van der Waals surface area (Å²) in [7, 11) is -8.62. The van der Waals surface area contributed by atoms with Crippen molar-refractivity contribution in [1.29, 1.82) is 0 Å². The minimum atomic E-state index is -4.83. The molecule has 1 aliphatic rings. The van der Waals surface area contributed by atoms with Gasteiger partial charge in [0.05, 0.1) is 42.1 Å². The Kier molecular flexibility index (Phi) is 60.2. The molecule has 0 aliphatic carbocycles. The summed E-state index contributed by atoms with van der Waals surface area (Å²) in [5, 5.41) is 55.1. The molecule has 1 saturated heterocycles. The number of nitrogens with one attached hydrogen (secondary N) is 13. The van der Waals surface area contributed by atoms with Crippen LogP contribution in [0.15, 0.2) is 79.0 Å². The largest absolute Gasteiger partial charge is 1.00 e. The Hall–Kier alpha value is -4.86. The molecule has 3 aromatic rings. The van der Waals surface area contributed by atoms with Gasteiger partial charge >= 0.3 is 139 Å². The smallest absolute Gasteiger partial charge is 0.747 e. The van der Waals surface area contributed by atoms with Gasteiger partial charge in [0.15, 0.2) is 17.3 Å². The maximum atomic E-state index is 14.8. The number of amides is 8. The molecule has 47 heteroatoms. The van der Waals surface area contributed by atoms with Gasteiger partial charge < -0.3 is 88.4 Å². The van der Waals surface area contributed by atoms with Gasteiger partial charge in [0.2, 0.25) is 47.3 Å². The summed E-state index contributed by atoms with van der Waals surface area (Å²) in [5.41, 5.74) is 1.83. The van der Waals surface area contributed by atoms with Crippen molar-refractivity contribution in [1.82, 2.24) is 74.1 Å². The van der Waals surface area contributed by atoms with Gasteiger partial charge in [0.1, 0.15) is 56.5 Å². The SMILES string of the molecule is O=S(=O)=O.O=S(=O)=O.[CH2-]NCC[C@@H]1NC(=O)[C@@H](NC(=O)[C@@H](CN[CH2-])CC(=O)[C@H](CO)NC(=O)[C@H](CCNCS(=O)(=O)[O-])CC(=O)c2ccnc(-c3ccccc3)c2)CCNC(=O)[C@H]([C@@H](C)O)NC(=O)[C@H](CCNCS(=O)(=O)[O-])NC(=O)[C@H](CCNCC)NC(=O)[C@H]([C@@H](C)CC)CC(=O)[C@@H](Cc2ccccc2)NC1=O.[Na+].[Na+].[Na+].[Na+]. The first-order valence-electron chi connectivity index (χ1n) is 34.2. The summed E-state index contributed by atoms with van der Waals surface area (Å²) in [5.74, 6) is -16.6. The molecule has 8 amide bonds. The molecule has 2 heterocycles. The average molecular weight is 1710 g/mol. The van der Waals surface area contributed by atoms with E-state index in [0.29, 0.717) is 29.8 Å². The maximum Gasteiger partial charge on any atom is 1.00 e. The van der Waals surface area contributed by atoms with E-state index in [-0.39, 0.29) is 169 Å². The van der Waals surface area contributed by atoms with Crippen molar-refractivity contribution < 1.29 is 232 Å². The Bertz CT molecular complexity index is 3950. The number of carbonyl (C=O) groups excluding carboxylic acids is 11. The average Bonchev–Trinajstić information content (AvgIpc) is 1.10. The molecule has 0 radical (unpaired) electrons. The summed E-state index contributed by atoms with van der Waals surface area (Å²) < 4.78 is 119. The van der Waals surface area contributed by atoms with Crippen LogP contribution < -0.4 is 187 Å². The number of hydrogen-bond acceptors (Lipinski definition) is 31. The van der Waals surface area contributed by atoms with Gasteiger partial charge in [-0.25, -0.2) is 16.8 Å². The molecule has 0 unspecified atom stereocenters. The summed E-state index contributed by atoms with van der Waals surface area (Å²) in [6.07, 6.45) is -3.40. The fourth-order valence-electron chi connectivity index (χ4n) is 10.8. The monoisotopic (exact) mass is 1700 g/mol. The number of Topliss-reactive ketones (excluding diaryl/α,β-unsaturated/α-hetero) is 3. The zero-order chi connectivity index (χ0) is 82.0. The van der Waals surface area contributed by atoms with Crippen LogP contribution in [-0.2, 0) is 95.8 Å². The van der Waals surface area contributed by atoms with E-state index >= 15 is 0 Å². The van der Waals surface area contributed by atoms with Gasteiger partial charge in [0, 0.05) is 55.0 Å². The first kappa shape index (κ1) is 112. The second kappa shape index (κ2) is 60.6. The van der Waals surface area contributed by atoms with E-state index in [4.69, 9.17) is 25.3 Å². The van der Waals surface area contributed by atoms with Crippen LogP contribution in [0.4, 0.5) is 0 Å². The molecule has 0 saturated carbocycles. The third-order valence-electron chi connectivity index (χ3n) is 16.8. The molecule has 1 aliphatic heterocycles. The molecule has 1 fully saturated rings. The molecule has 15 N–H and O–H groups in total. The fourth-order valence-corrected chi connectivity index (χ4v) is 11.6. The van der Waals surface area contributed by atoms with Gasteiger partial charge in [-0.3, -0.25) is 71.8 Å². The summed E-state index contributed by atoms with van der Waals surface area (Å²) >= 11 is 0.